The van der Waals surface area contributed by atoms with Crippen molar-refractivity contribution >= 4 is 47.0 Å². The van der Waals surface area contributed by atoms with Crippen molar-refractivity contribution in [1.29, 1.82) is 0 Å². The summed E-state index contributed by atoms with van der Waals surface area (Å²) in [7, 11) is 0. The van der Waals surface area contributed by atoms with Crippen LogP contribution in [0.1, 0.15) is 49.8 Å². The number of nitrogens with zero attached hydrogens (tertiary/aromatic N) is 1. The molecule has 0 bridgehead atoms. The molecule has 2 fully saturated rings. The minimum atomic E-state index is -0.252. The number of halogens is 2. The largest absolute Gasteiger partial charge is 0.335 e. The number of benzene rings is 1. The van der Waals surface area contributed by atoms with Crippen LogP contribution in [0.3, 0.4) is 0 Å². The zero-order valence-electron chi connectivity index (χ0n) is 13.5. The molecule has 0 radical (unpaired) electrons. The van der Waals surface area contributed by atoms with Gasteiger partial charge in [-0.3, -0.25) is 9.69 Å². The summed E-state index contributed by atoms with van der Waals surface area (Å²) in [5.74, 6) is 0. The Morgan fingerprint density at radius 2 is 1.83 bits per heavy atom. The highest BCUT2D eigenvalue weighted by molar-refractivity contribution is 8.14. The van der Waals surface area contributed by atoms with Crippen LogP contribution in [0.15, 0.2) is 24.3 Å². The van der Waals surface area contributed by atoms with E-state index in [0.717, 1.165) is 31.2 Å². The van der Waals surface area contributed by atoms with Gasteiger partial charge in [-0.2, -0.15) is 0 Å². The SMILES string of the molecule is C[C@H]1[C@H](c2ccc(Cl)cc2)SC(=O)N1C(=O)NC1CCCCC1.Cl. The van der Waals surface area contributed by atoms with Crippen LogP contribution in [0, 0.1) is 0 Å². The zero-order valence-corrected chi connectivity index (χ0v) is 15.9. The smallest absolute Gasteiger partial charge is 0.325 e. The Morgan fingerprint density at radius 3 is 2.46 bits per heavy atom. The number of amides is 3. The highest BCUT2D eigenvalue weighted by Gasteiger charge is 2.42. The molecule has 0 spiro atoms. The van der Waals surface area contributed by atoms with Crippen molar-refractivity contribution in [3.05, 3.63) is 34.9 Å². The minimum Gasteiger partial charge on any atom is -0.335 e. The van der Waals surface area contributed by atoms with E-state index in [2.05, 4.69) is 5.32 Å². The number of thioether (sulfide) groups is 1. The molecule has 4 nitrogen and oxygen atoms in total. The van der Waals surface area contributed by atoms with Crippen LogP contribution in [0.5, 0.6) is 0 Å². The van der Waals surface area contributed by atoms with Crippen molar-refractivity contribution in [2.24, 2.45) is 0 Å². The van der Waals surface area contributed by atoms with E-state index in [0.29, 0.717) is 5.02 Å². The van der Waals surface area contributed by atoms with Crippen molar-refractivity contribution in [1.82, 2.24) is 10.2 Å². The van der Waals surface area contributed by atoms with Crippen LogP contribution < -0.4 is 5.32 Å². The summed E-state index contributed by atoms with van der Waals surface area (Å²) < 4.78 is 0. The van der Waals surface area contributed by atoms with Gasteiger partial charge in [0, 0.05) is 11.1 Å². The normalized spacial score (nSPS) is 24.6. The highest BCUT2D eigenvalue weighted by atomic mass is 35.5. The lowest BCUT2D eigenvalue weighted by molar-refractivity contribution is 0.184. The molecule has 0 unspecified atom stereocenters. The molecule has 3 amide bonds. The van der Waals surface area contributed by atoms with Crippen LogP contribution in [0.2, 0.25) is 5.02 Å². The van der Waals surface area contributed by atoms with Crippen LogP contribution >= 0.6 is 35.8 Å². The number of urea groups is 1. The quantitative estimate of drug-likeness (QED) is 0.737. The summed E-state index contributed by atoms with van der Waals surface area (Å²) in [6.45, 7) is 1.93. The van der Waals surface area contributed by atoms with Crippen LogP contribution in [0.25, 0.3) is 0 Å². The second kappa shape index (κ2) is 8.45. The molecule has 1 saturated carbocycles. The van der Waals surface area contributed by atoms with Gasteiger partial charge >= 0.3 is 6.03 Å². The number of carbonyl (C=O) groups excluding carboxylic acids is 2. The lowest BCUT2D eigenvalue weighted by Gasteiger charge is -2.27. The van der Waals surface area contributed by atoms with E-state index in [4.69, 9.17) is 11.6 Å². The predicted octanol–water partition coefficient (Wildman–Crippen LogP) is 5.40. The second-order valence-electron chi connectivity index (χ2n) is 6.25. The first-order chi connectivity index (χ1) is 11.1. The number of hydrogen-bond donors (Lipinski definition) is 1. The Bertz CT molecular complexity index is 591. The van der Waals surface area contributed by atoms with Gasteiger partial charge in [-0.15, -0.1) is 12.4 Å². The van der Waals surface area contributed by atoms with Gasteiger partial charge < -0.3 is 5.32 Å². The van der Waals surface area contributed by atoms with Gasteiger partial charge in [0.25, 0.3) is 5.24 Å². The third-order valence-corrected chi connectivity index (χ3v) is 6.19. The van der Waals surface area contributed by atoms with Crippen molar-refractivity contribution < 1.29 is 9.59 Å². The van der Waals surface area contributed by atoms with E-state index in [1.807, 2.05) is 31.2 Å². The summed E-state index contributed by atoms with van der Waals surface area (Å²) in [5.41, 5.74) is 1.02. The summed E-state index contributed by atoms with van der Waals surface area (Å²) >= 11 is 7.14. The molecule has 2 aliphatic rings. The first-order valence-corrected chi connectivity index (χ1v) is 9.38. The van der Waals surface area contributed by atoms with Gasteiger partial charge in [0.05, 0.1) is 11.3 Å². The van der Waals surface area contributed by atoms with E-state index >= 15 is 0 Å². The Hall–Kier alpha value is -0.910. The molecule has 1 saturated heterocycles. The van der Waals surface area contributed by atoms with Gasteiger partial charge in [0.1, 0.15) is 0 Å². The molecular weight excluding hydrogens is 367 g/mol. The number of nitrogens with one attached hydrogen (secondary N) is 1. The second-order valence-corrected chi connectivity index (χ2v) is 7.78. The molecule has 1 aliphatic heterocycles. The highest BCUT2D eigenvalue weighted by Crippen LogP contribution is 2.43. The molecule has 0 aromatic heterocycles. The number of hydrogen-bond acceptors (Lipinski definition) is 3. The van der Waals surface area contributed by atoms with Crippen LogP contribution in [-0.4, -0.2) is 28.3 Å². The molecule has 7 heteroatoms. The Balaban J connectivity index is 0.00000208. The third kappa shape index (κ3) is 4.19. The van der Waals surface area contributed by atoms with E-state index < -0.39 is 0 Å². The molecule has 1 N–H and O–H groups in total. The summed E-state index contributed by atoms with van der Waals surface area (Å²) in [6.07, 6.45) is 5.55. The third-order valence-electron chi connectivity index (χ3n) is 4.62. The van der Waals surface area contributed by atoms with Gasteiger partial charge in [-0.1, -0.05) is 54.8 Å². The Kier molecular flexibility index (Phi) is 6.84. The molecular formula is C17H22Cl2N2O2S. The molecule has 2 atom stereocenters. The van der Waals surface area contributed by atoms with E-state index in [9.17, 15) is 9.59 Å². The Labute approximate surface area is 158 Å². The minimum absolute atomic E-state index is 0. The standard InChI is InChI=1S/C17H21ClN2O2S.ClH/c1-11-15(12-7-9-13(18)10-8-12)23-17(22)20(11)16(21)19-14-5-3-2-4-6-14;/h7-11,14-15H,2-6H2,1H3,(H,19,21);1H/t11-,15+;/m0./s1. The maximum Gasteiger partial charge on any atom is 0.325 e. The van der Waals surface area contributed by atoms with Crippen molar-refractivity contribution in [2.45, 2.75) is 56.4 Å². The first-order valence-electron chi connectivity index (χ1n) is 8.12. The maximum absolute atomic E-state index is 12.5. The summed E-state index contributed by atoms with van der Waals surface area (Å²) in [6, 6.07) is 7.27. The fourth-order valence-corrected chi connectivity index (χ4v) is 4.64. The lowest BCUT2D eigenvalue weighted by atomic mass is 9.96. The summed E-state index contributed by atoms with van der Waals surface area (Å²) in [5, 5.41) is 3.48. The lowest BCUT2D eigenvalue weighted by Crippen LogP contribution is -2.48. The predicted molar refractivity (Wildman–Crippen MR) is 101 cm³/mol. The van der Waals surface area contributed by atoms with Gasteiger partial charge in [-0.05, 0) is 37.5 Å². The fourth-order valence-electron chi connectivity index (χ4n) is 3.32. The zero-order chi connectivity index (χ0) is 16.4. The average Bonchev–Trinajstić information content (AvgIpc) is 2.84. The van der Waals surface area contributed by atoms with Crippen molar-refractivity contribution in [3.8, 4) is 0 Å². The molecule has 1 heterocycles. The summed E-state index contributed by atoms with van der Waals surface area (Å²) in [4.78, 5) is 26.2. The molecule has 3 rings (SSSR count). The van der Waals surface area contributed by atoms with Crippen LogP contribution in [-0.2, 0) is 0 Å². The first kappa shape index (κ1) is 19.4. The van der Waals surface area contributed by atoms with Gasteiger partial charge in [0.15, 0.2) is 0 Å². The molecule has 24 heavy (non-hydrogen) atoms. The van der Waals surface area contributed by atoms with E-state index in [1.54, 1.807) is 0 Å². The molecule has 1 aromatic rings. The topological polar surface area (TPSA) is 49.4 Å². The molecule has 132 valence electrons. The number of imide groups is 1. The molecule has 1 aliphatic carbocycles. The Morgan fingerprint density at radius 1 is 1.21 bits per heavy atom. The van der Waals surface area contributed by atoms with E-state index in [1.165, 1.54) is 23.1 Å². The maximum atomic E-state index is 12.5. The van der Waals surface area contributed by atoms with Crippen LogP contribution in [0.4, 0.5) is 9.59 Å². The number of carbonyl (C=O) groups is 2. The van der Waals surface area contributed by atoms with E-state index in [-0.39, 0.29) is 41.0 Å². The van der Waals surface area contributed by atoms with Gasteiger partial charge in [0.2, 0.25) is 0 Å². The fraction of sp³-hybridized carbons (Fsp3) is 0.529. The monoisotopic (exact) mass is 388 g/mol. The van der Waals surface area contributed by atoms with Crippen molar-refractivity contribution in [2.75, 3.05) is 0 Å². The van der Waals surface area contributed by atoms with Gasteiger partial charge in [-0.25, -0.2) is 4.79 Å². The average molecular weight is 389 g/mol. The van der Waals surface area contributed by atoms with Crippen molar-refractivity contribution in [3.63, 3.8) is 0 Å². The number of rotatable bonds is 2. The molecule has 1 aromatic carbocycles.